The fourth-order valence-corrected chi connectivity index (χ4v) is 4.29. The summed E-state index contributed by atoms with van der Waals surface area (Å²) in [6.07, 6.45) is 1.65. The van der Waals surface area contributed by atoms with Crippen LogP contribution in [0.3, 0.4) is 0 Å². The van der Waals surface area contributed by atoms with Gasteiger partial charge in [-0.3, -0.25) is 14.5 Å². The molecule has 0 radical (unpaired) electrons. The van der Waals surface area contributed by atoms with Gasteiger partial charge in [0.25, 0.3) is 11.8 Å². The van der Waals surface area contributed by atoms with Gasteiger partial charge in [-0.25, -0.2) is 4.79 Å². The molecule has 1 heterocycles. The molecular weight excluding hydrogens is 564 g/mol. The van der Waals surface area contributed by atoms with Crippen LogP contribution in [0, 0.1) is 0 Å². The number of methoxy groups -OCH3 is 1. The number of carbonyl (C=O) groups is 3. The first-order valence-corrected chi connectivity index (χ1v) is 13.0. The summed E-state index contributed by atoms with van der Waals surface area (Å²) in [5, 5.41) is 2.76. The predicted molar refractivity (Wildman–Crippen MR) is 152 cm³/mol. The molecule has 0 aromatic heterocycles. The van der Waals surface area contributed by atoms with Crippen molar-refractivity contribution in [2.75, 3.05) is 30.5 Å². The second-order valence-corrected chi connectivity index (χ2v) is 9.41. The number of anilines is 2. The Morgan fingerprint density at radius 3 is 2.21 bits per heavy atom. The Hall–Kier alpha value is -4.37. The lowest BCUT2D eigenvalue weighted by Crippen LogP contribution is -2.24. The van der Waals surface area contributed by atoms with Crippen molar-refractivity contribution >= 4 is 51.2 Å². The molecule has 0 spiro atoms. The molecule has 200 valence electrons. The third-order valence-corrected chi connectivity index (χ3v) is 6.43. The Labute approximate surface area is 235 Å². The zero-order valence-electron chi connectivity index (χ0n) is 21.7. The van der Waals surface area contributed by atoms with Crippen LogP contribution in [-0.4, -0.2) is 38.1 Å². The van der Waals surface area contributed by atoms with Crippen LogP contribution in [0.1, 0.15) is 19.4 Å². The number of halogens is 1. The molecule has 9 heteroatoms. The molecule has 8 nitrogen and oxygen atoms in total. The number of nitrogens with zero attached hydrogens (tertiary/aromatic N) is 1. The lowest BCUT2D eigenvalue weighted by molar-refractivity contribution is -0.138. The summed E-state index contributed by atoms with van der Waals surface area (Å²) in [7, 11) is 1.57. The Bertz CT molecular complexity index is 1430. The van der Waals surface area contributed by atoms with Crippen LogP contribution in [0.25, 0.3) is 6.08 Å². The summed E-state index contributed by atoms with van der Waals surface area (Å²) in [4.78, 5) is 40.1. The molecule has 1 aliphatic heterocycles. The number of hydrogen-bond donors (Lipinski definition) is 1. The number of amides is 2. The van der Waals surface area contributed by atoms with E-state index in [2.05, 4.69) is 21.2 Å². The lowest BCUT2D eigenvalue weighted by atomic mass is 10.0. The average molecular weight is 591 g/mol. The minimum absolute atomic E-state index is 0.179. The number of ether oxygens (including phenoxy) is 3. The summed E-state index contributed by atoms with van der Waals surface area (Å²) in [6, 6.07) is 21.1. The number of esters is 1. The molecule has 0 bridgehead atoms. The smallest absolute Gasteiger partial charge is 0.340 e. The van der Waals surface area contributed by atoms with Crippen LogP contribution in [0.5, 0.6) is 11.5 Å². The van der Waals surface area contributed by atoms with Crippen molar-refractivity contribution in [2.24, 2.45) is 0 Å². The fourth-order valence-electron chi connectivity index (χ4n) is 4.03. The van der Waals surface area contributed by atoms with Gasteiger partial charge in [-0.2, -0.15) is 0 Å². The maximum Gasteiger partial charge on any atom is 0.340 e. The lowest BCUT2D eigenvalue weighted by Gasteiger charge is -2.18. The molecule has 4 rings (SSSR count). The van der Waals surface area contributed by atoms with E-state index in [-0.39, 0.29) is 36.2 Å². The van der Waals surface area contributed by atoms with Crippen molar-refractivity contribution in [1.29, 1.82) is 0 Å². The average Bonchev–Trinajstić information content (AvgIpc) is 3.18. The monoisotopic (exact) mass is 590 g/mol. The van der Waals surface area contributed by atoms with Gasteiger partial charge in [0.15, 0.2) is 6.61 Å². The molecule has 0 atom stereocenters. The minimum atomic E-state index is -0.558. The number of hydrogen-bond acceptors (Lipinski definition) is 6. The predicted octanol–water partition coefficient (Wildman–Crippen LogP) is 5.74. The van der Waals surface area contributed by atoms with Crippen molar-refractivity contribution < 1.29 is 28.6 Å². The van der Waals surface area contributed by atoms with Crippen LogP contribution in [0.2, 0.25) is 0 Å². The van der Waals surface area contributed by atoms with Crippen LogP contribution >= 0.6 is 15.9 Å². The van der Waals surface area contributed by atoms with Crippen molar-refractivity contribution in [3.63, 3.8) is 0 Å². The van der Waals surface area contributed by atoms with Crippen molar-refractivity contribution in [2.45, 2.75) is 13.8 Å². The molecule has 0 saturated heterocycles. The first-order chi connectivity index (χ1) is 18.8. The maximum absolute atomic E-state index is 13.5. The van der Waals surface area contributed by atoms with E-state index in [1.165, 1.54) is 4.90 Å². The number of nitrogens with one attached hydrogen (secondary N) is 1. The molecule has 1 aliphatic rings. The molecule has 1 N–H and O–H groups in total. The van der Waals surface area contributed by atoms with Gasteiger partial charge < -0.3 is 19.5 Å². The zero-order chi connectivity index (χ0) is 27.9. The second-order valence-electron chi connectivity index (χ2n) is 8.49. The van der Waals surface area contributed by atoms with E-state index >= 15 is 0 Å². The van der Waals surface area contributed by atoms with E-state index in [0.717, 1.165) is 4.47 Å². The van der Waals surface area contributed by atoms with Gasteiger partial charge in [0, 0.05) is 21.5 Å². The van der Waals surface area contributed by atoms with Crippen molar-refractivity contribution in [3.8, 4) is 11.5 Å². The summed E-state index contributed by atoms with van der Waals surface area (Å²) >= 11 is 3.40. The topological polar surface area (TPSA) is 94.2 Å². The van der Waals surface area contributed by atoms with Crippen LogP contribution < -0.4 is 19.7 Å². The highest BCUT2D eigenvalue weighted by molar-refractivity contribution is 9.10. The van der Waals surface area contributed by atoms with Gasteiger partial charge in [-0.15, -0.1) is 0 Å². The van der Waals surface area contributed by atoms with E-state index in [4.69, 9.17) is 14.2 Å². The summed E-state index contributed by atoms with van der Waals surface area (Å²) in [6.45, 7) is 3.45. The number of carbonyl (C=O) groups excluding carboxylic acids is 3. The zero-order valence-corrected chi connectivity index (χ0v) is 23.3. The van der Waals surface area contributed by atoms with E-state index < -0.39 is 5.97 Å². The Kier molecular flexibility index (Phi) is 8.83. The summed E-state index contributed by atoms with van der Waals surface area (Å²) in [5.74, 6) is -0.0191. The van der Waals surface area contributed by atoms with Gasteiger partial charge in [0.1, 0.15) is 11.5 Å². The quantitative estimate of drug-likeness (QED) is 0.252. The highest BCUT2D eigenvalue weighted by atomic mass is 79.9. The molecule has 39 heavy (non-hydrogen) atoms. The Morgan fingerprint density at radius 1 is 0.949 bits per heavy atom. The third-order valence-electron chi connectivity index (χ3n) is 5.90. The summed E-state index contributed by atoms with van der Waals surface area (Å²) in [5.41, 5.74) is 2.91. The molecular formula is C30H27BrN2O6. The van der Waals surface area contributed by atoms with Crippen LogP contribution in [0.4, 0.5) is 11.4 Å². The van der Waals surface area contributed by atoms with Crippen LogP contribution in [-0.2, 0) is 19.1 Å². The van der Waals surface area contributed by atoms with Crippen molar-refractivity contribution in [1.82, 2.24) is 0 Å². The van der Waals surface area contributed by atoms with E-state index in [1.54, 1.807) is 87.7 Å². The molecule has 2 amide bonds. The van der Waals surface area contributed by atoms with Gasteiger partial charge >= 0.3 is 5.97 Å². The molecule has 0 aliphatic carbocycles. The molecule has 3 aromatic carbocycles. The molecule has 0 saturated carbocycles. The SMILES string of the molecule is CCOC(=O)C1=C(C)N(c2ccc(Br)cc2)C(=O)/C1=C\c1ccc(OCC(=O)Nc2ccc(OC)cc2)cc1. The third kappa shape index (κ3) is 6.56. The highest BCUT2D eigenvalue weighted by Gasteiger charge is 2.38. The minimum Gasteiger partial charge on any atom is -0.497 e. The molecule has 0 unspecified atom stereocenters. The number of allylic oxidation sites excluding steroid dienone is 1. The molecule has 0 fully saturated rings. The largest absolute Gasteiger partial charge is 0.497 e. The number of rotatable bonds is 9. The van der Waals surface area contributed by atoms with Gasteiger partial charge in [-0.05, 0) is 86.2 Å². The first kappa shape index (κ1) is 27.7. The van der Waals surface area contributed by atoms with E-state index in [9.17, 15) is 14.4 Å². The van der Waals surface area contributed by atoms with Gasteiger partial charge in [0.2, 0.25) is 0 Å². The normalized spacial score (nSPS) is 14.0. The number of benzene rings is 3. The standard InChI is InChI=1S/C30H27BrN2O6/c1-4-38-30(36)28-19(2)33(23-11-7-21(31)8-12-23)29(35)26(28)17-20-5-13-25(14-6-20)39-18-27(34)32-22-9-15-24(37-3)16-10-22/h5-17H,4,18H2,1-3H3,(H,32,34)/b26-17-. The van der Waals surface area contributed by atoms with Gasteiger partial charge in [-0.1, -0.05) is 28.1 Å². The van der Waals surface area contributed by atoms with E-state index in [0.29, 0.717) is 34.1 Å². The Balaban J connectivity index is 1.48. The van der Waals surface area contributed by atoms with Crippen molar-refractivity contribution in [3.05, 3.63) is 99.7 Å². The van der Waals surface area contributed by atoms with Gasteiger partial charge in [0.05, 0.1) is 24.9 Å². The maximum atomic E-state index is 13.5. The first-order valence-electron chi connectivity index (χ1n) is 12.2. The van der Waals surface area contributed by atoms with Crippen LogP contribution in [0.15, 0.2) is 94.1 Å². The fraction of sp³-hybridized carbons (Fsp3) is 0.167. The Morgan fingerprint density at radius 2 is 1.59 bits per heavy atom. The van der Waals surface area contributed by atoms with E-state index in [1.807, 2.05) is 12.1 Å². The molecule has 3 aromatic rings. The second kappa shape index (κ2) is 12.4. The highest BCUT2D eigenvalue weighted by Crippen LogP contribution is 2.36. The summed E-state index contributed by atoms with van der Waals surface area (Å²) < 4.78 is 16.8.